The highest BCUT2D eigenvalue weighted by molar-refractivity contribution is 6.08. The number of nitrogens with zero attached hydrogens (tertiary/aromatic N) is 2. The van der Waals surface area contributed by atoms with E-state index in [9.17, 15) is 18.0 Å². The van der Waals surface area contributed by atoms with Crippen LogP contribution in [0.1, 0.15) is 40.7 Å². The molecule has 3 heterocycles. The van der Waals surface area contributed by atoms with Gasteiger partial charge in [-0.05, 0) is 43.0 Å². The van der Waals surface area contributed by atoms with Crippen LogP contribution in [0.15, 0.2) is 54.9 Å². The molecule has 5 nitrogen and oxygen atoms in total. The van der Waals surface area contributed by atoms with Gasteiger partial charge in [-0.2, -0.15) is 13.2 Å². The molecule has 2 aliphatic heterocycles. The standard InChI is InChI=1S/C25H24F3N3O2/c26-25(27,28)18-6-2-7-19(10-18)30-12-17-5-1-4-16-11-29-13-22(23(16)17)24(32)31-20-8-3-9-21(31)15-33-14-20/h1-2,4-7,10-11,13,20-21,30H,3,8-9,12,14-15H2. The van der Waals surface area contributed by atoms with E-state index in [1.807, 2.05) is 23.1 Å². The highest BCUT2D eigenvalue weighted by Crippen LogP contribution is 2.33. The number of nitrogens with one attached hydrogen (secondary N) is 1. The van der Waals surface area contributed by atoms with Crippen LogP contribution in [-0.2, 0) is 17.5 Å². The number of fused-ring (bicyclic) bond motifs is 3. The van der Waals surface area contributed by atoms with Gasteiger partial charge in [0.05, 0.1) is 36.4 Å². The number of pyridine rings is 1. The zero-order chi connectivity index (χ0) is 23.0. The molecule has 2 atom stereocenters. The van der Waals surface area contributed by atoms with Crippen LogP contribution in [0.2, 0.25) is 0 Å². The molecule has 1 amide bonds. The molecule has 1 N–H and O–H groups in total. The number of aromatic nitrogens is 1. The highest BCUT2D eigenvalue weighted by Gasteiger charge is 2.38. The lowest BCUT2D eigenvalue weighted by molar-refractivity contribution is -0.137. The first-order valence-electron chi connectivity index (χ1n) is 11.1. The lowest BCUT2D eigenvalue weighted by atomic mass is 9.92. The Morgan fingerprint density at radius 3 is 2.61 bits per heavy atom. The Morgan fingerprint density at radius 1 is 1.09 bits per heavy atom. The third-order valence-electron chi connectivity index (χ3n) is 6.49. The second-order valence-corrected chi connectivity index (χ2v) is 8.62. The molecule has 2 unspecified atom stereocenters. The van der Waals surface area contributed by atoms with Gasteiger partial charge < -0.3 is 15.0 Å². The first-order chi connectivity index (χ1) is 15.9. The summed E-state index contributed by atoms with van der Waals surface area (Å²) in [5, 5.41) is 4.69. The number of benzene rings is 2. The maximum absolute atomic E-state index is 13.7. The number of hydrogen-bond acceptors (Lipinski definition) is 4. The first kappa shape index (κ1) is 21.7. The average Bonchev–Trinajstić information content (AvgIpc) is 2.81. The highest BCUT2D eigenvalue weighted by atomic mass is 19.4. The van der Waals surface area contributed by atoms with Gasteiger partial charge in [-0.15, -0.1) is 0 Å². The minimum Gasteiger partial charge on any atom is -0.381 e. The van der Waals surface area contributed by atoms with Crippen LogP contribution >= 0.6 is 0 Å². The number of morpholine rings is 1. The Kier molecular flexibility index (Phi) is 5.70. The molecule has 2 aliphatic rings. The monoisotopic (exact) mass is 455 g/mol. The van der Waals surface area contributed by atoms with Crippen molar-refractivity contribution in [2.45, 2.75) is 44.1 Å². The van der Waals surface area contributed by atoms with Crippen LogP contribution in [0.25, 0.3) is 10.8 Å². The summed E-state index contributed by atoms with van der Waals surface area (Å²) < 4.78 is 44.9. The molecule has 0 spiro atoms. The lowest BCUT2D eigenvalue weighted by Gasteiger charge is -2.45. The van der Waals surface area contributed by atoms with E-state index in [0.29, 0.717) is 24.5 Å². The van der Waals surface area contributed by atoms with Crippen LogP contribution in [0.3, 0.4) is 0 Å². The van der Waals surface area contributed by atoms with E-state index in [-0.39, 0.29) is 24.5 Å². The van der Waals surface area contributed by atoms with E-state index >= 15 is 0 Å². The Bertz CT molecular complexity index is 1150. The third-order valence-corrected chi connectivity index (χ3v) is 6.49. The number of carbonyl (C=O) groups excluding carboxylic acids is 1. The van der Waals surface area contributed by atoms with E-state index in [2.05, 4.69) is 10.3 Å². The minimum absolute atomic E-state index is 0.0578. The molecule has 2 saturated heterocycles. The maximum Gasteiger partial charge on any atom is 0.416 e. The molecule has 2 fully saturated rings. The summed E-state index contributed by atoms with van der Waals surface area (Å²) in [7, 11) is 0. The number of carbonyl (C=O) groups is 1. The zero-order valence-electron chi connectivity index (χ0n) is 17.9. The van der Waals surface area contributed by atoms with E-state index in [0.717, 1.165) is 47.7 Å². The molecule has 0 aliphatic carbocycles. The number of anilines is 1. The summed E-state index contributed by atoms with van der Waals surface area (Å²) in [5.74, 6) is -0.0578. The molecule has 172 valence electrons. The number of halogens is 3. The van der Waals surface area contributed by atoms with Crippen LogP contribution in [0, 0.1) is 0 Å². The molecule has 5 rings (SSSR count). The molecule has 8 heteroatoms. The van der Waals surface area contributed by atoms with Gasteiger partial charge in [0.2, 0.25) is 0 Å². The van der Waals surface area contributed by atoms with Gasteiger partial charge in [-0.25, -0.2) is 0 Å². The third kappa shape index (κ3) is 4.27. The SMILES string of the molecule is O=C(c1cncc2cccc(CNc3cccc(C(F)(F)F)c3)c12)N1C2CCCC1COC2. The van der Waals surface area contributed by atoms with Crippen LogP contribution < -0.4 is 5.32 Å². The number of ether oxygens (including phenoxy) is 1. The van der Waals surface area contributed by atoms with E-state index in [1.165, 1.54) is 6.07 Å². The number of alkyl halides is 3. The minimum atomic E-state index is -4.40. The Balaban J connectivity index is 1.47. The van der Waals surface area contributed by atoms with Crippen molar-refractivity contribution in [3.63, 3.8) is 0 Å². The predicted octanol–water partition coefficient (Wildman–Crippen LogP) is 5.26. The lowest BCUT2D eigenvalue weighted by Crippen LogP contribution is -2.57. The van der Waals surface area contributed by atoms with E-state index in [1.54, 1.807) is 18.5 Å². The van der Waals surface area contributed by atoms with E-state index < -0.39 is 11.7 Å². The van der Waals surface area contributed by atoms with Gasteiger partial charge >= 0.3 is 6.18 Å². The smallest absolute Gasteiger partial charge is 0.381 e. The molecule has 0 radical (unpaired) electrons. The van der Waals surface area contributed by atoms with Crippen molar-refractivity contribution >= 4 is 22.4 Å². The van der Waals surface area contributed by atoms with E-state index in [4.69, 9.17) is 4.74 Å². The van der Waals surface area contributed by atoms with Crippen LogP contribution in [-0.4, -0.2) is 41.1 Å². The summed E-state index contributed by atoms with van der Waals surface area (Å²) in [4.78, 5) is 19.9. The molecule has 2 bridgehead atoms. The second-order valence-electron chi connectivity index (χ2n) is 8.62. The fourth-order valence-corrected chi connectivity index (χ4v) is 4.93. The zero-order valence-corrected chi connectivity index (χ0v) is 17.9. The molecule has 3 aromatic rings. The van der Waals surface area contributed by atoms with Gasteiger partial charge in [0, 0.05) is 35.4 Å². The summed E-state index contributed by atoms with van der Waals surface area (Å²) in [5.41, 5.74) is 1.01. The number of amides is 1. The predicted molar refractivity (Wildman–Crippen MR) is 119 cm³/mol. The fraction of sp³-hybridized carbons (Fsp3) is 0.360. The van der Waals surface area contributed by atoms with Crippen molar-refractivity contribution in [3.8, 4) is 0 Å². The number of hydrogen-bond donors (Lipinski definition) is 1. The molecular formula is C25H24F3N3O2. The average molecular weight is 455 g/mol. The number of rotatable bonds is 4. The van der Waals surface area contributed by atoms with Gasteiger partial charge in [-0.3, -0.25) is 9.78 Å². The quantitative estimate of drug-likeness (QED) is 0.583. The Labute approximate surface area is 189 Å². The van der Waals surface area contributed by atoms with Crippen molar-refractivity contribution in [1.82, 2.24) is 9.88 Å². The number of piperidine rings is 1. The summed E-state index contributed by atoms with van der Waals surface area (Å²) in [6.07, 6.45) is 1.83. The van der Waals surface area contributed by atoms with Crippen molar-refractivity contribution in [3.05, 3.63) is 71.5 Å². The summed E-state index contributed by atoms with van der Waals surface area (Å²) >= 11 is 0. The molecule has 1 aromatic heterocycles. The Hall–Kier alpha value is -3.13. The fourth-order valence-electron chi connectivity index (χ4n) is 4.93. The van der Waals surface area contributed by atoms with Crippen LogP contribution in [0.4, 0.5) is 18.9 Å². The molecule has 33 heavy (non-hydrogen) atoms. The van der Waals surface area contributed by atoms with Gasteiger partial charge in [0.25, 0.3) is 5.91 Å². The van der Waals surface area contributed by atoms with Gasteiger partial charge in [0.15, 0.2) is 0 Å². The summed E-state index contributed by atoms with van der Waals surface area (Å²) in [6, 6.07) is 10.9. The Morgan fingerprint density at radius 2 is 1.85 bits per heavy atom. The van der Waals surface area contributed by atoms with Gasteiger partial charge in [0.1, 0.15) is 0 Å². The molecular weight excluding hydrogens is 431 g/mol. The molecule has 0 saturated carbocycles. The topological polar surface area (TPSA) is 54.5 Å². The van der Waals surface area contributed by atoms with Crippen LogP contribution in [0.5, 0.6) is 0 Å². The van der Waals surface area contributed by atoms with Crippen molar-refractivity contribution in [2.24, 2.45) is 0 Å². The normalized spacial score (nSPS) is 20.6. The maximum atomic E-state index is 13.7. The largest absolute Gasteiger partial charge is 0.416 e. The first-order valence-corrected chi connectivity index (χ1v) is 11.1. The van der Waals surface area contributed by atoms with Crippen molar-refractivity contribution in [1.29, 1.82) is 0 Å². The van der Waals surface area contributed by atoms with Crippen molar-refractivity contribution in [2.75, 3.05) is 18.5 Å². The second kappa shape index (κ2) is 8.67. The van der Waals surface area contributed by atoms with Gasteiger partial charge in [-0.1, -0.05) is 24.3 Å². The van der Waals surface area contributed by atoms with Crippen molar-refractivity contribution < 1.29 is 22.7 Å². The molecule has 2 aromatic carbocycles. The summed E-state index contributed by atoms with van der Waals surface area (Å²) in [6.45, 7) is 1.37.